The summed E-state index contributed by atoms with van der Waals surface area (Å²) in [6, 6.07) is 8.10. The Morgan fingerprint density at radius 3 is 1.82 bits per heavy atom. The molecule has 1 unspecified atom stereocenters. The largest absolute Gasteiger partial charge is 0.494 e. The van der Waals surface area contributed by atoms with Crippen LogP contribution >= 0.6 is 0 Å². The molecule has 0 bridgehead atoms. The maximum atomic E-state index is 12.7. The highest BCUT2D eigenvalue weighted by Gasteiger charge is 2.48. The number of halogens is 6. The summed E-state index contributed by atoms with van der Waals surface area (Å²) in [6.45, 7) is 10.0. The first-order valence-electron chi connectivity index (χ1n) is 14.1. The summed E-state index contributed by atoms with van der Waals surface area (Å²) in [5.41, 5.74) is 1.23. The van der Waals surface area contributed by atoms with Gasteiger partial charge in [-0.2, -0.15) is 26.3 Å². The van der Waals surface area contributed by atoms with E-state index in [0.29, 0.717) is 19.1 Å². The van der Waals surface area contributed by atoms with Crippen molar-refractivity contribution in [1.29, 1.82) is 0 Å². The number of ether oxygens (including phenoxy) is 2. The van der Waals surface area contributed by atoms with Gasteiger partial charge < -0.3 is 29.5 Å². The van der Waals surface area contributed by atoms with E-state index in [0.717, 1.165) is 77.2 Å². The Morgan fingerprint density at radius 2 is 1.39 bits per heavy atom. The number of piperidine rings is 1. The summed E-state index contributed by atoms with van der Waals surface area (Å²) in [5, 5.41) is 14.2. The molecule has 250 valence electrons. The lowest BCUT2D eigenvalue weighted by molar-refractivity contribution is -0.230. The van der Waals surface area contributed by atoms with Crippen molar-refractivity contribution in [2.45, 2.75) is 63.1 Å². The van der Waals surface area contributed by atoms with Crippen molar-refractivity contribution in [3.05, 3.63) is 29.8 Å². The summed E-state index contributed by atoms with van der Waals surface area (Å²) in [4.78, 5) is 37.4. The first kappa shape index (κ1) is 37.1. The Labute approximate surface area is 251 Å². The molecular formula is C28H39F6N3O7. The van der Waals surface area contributed by atoms with Crippen LogP contribution in [0, 0.1) is 0 Å². The second-order valence-electron chi connectivity index (χ2n) is 10.8. The van der Waals surface area contributed by atoms with Gasteiger partial charge in [-0.25, -0.2) is 9.59 Å². The number of rotatable bonds is 7. The molecule has 3 fully saturated rings. The molecular weight excluding hydrogens is 604 g/mol. The Kier molecular flexibility index (Phi) is 13.7. The topological polar surface area (TPSA) is 120 Å². The molecule has 3 aliphatic heterocycles. The van der Waals surface area contributed by atoms with E-state index in [9.17, 15) is 31.1 Å². The monoisotopic (exact) mass is 643 g/mol. The molecule has 3 aliphatic rings. The third-order valence-corrected chi connectivity index (χ3v) is 7.45. The van der Waals surface area contributed by atoms with Gasteiger partial charge in [0.1, 0.15) is 5.75 Å². The van der Waals surface area contributed by atoms with Crippen molar-refractivity contribution in [1.82, 2.24) is 14.7 Å². The Morgan fingerprint density at radius 1 is 0.909 bits per heavy atom. The number of carbonyl (C=O) groups is 3. The van der Waals surface area contributed by atoms with Crippen LogP contribution in [0.25, 0.3) is 0 Å². The minimum absolute atomic E-state index is 0.0448. The predicted octanol–water partition coefficient (Wildman–Crippen LogP) is 3.68. The number of piperazine rings is 1. The average Bonchev–Trinajstić information content (AvgIpc) is 2.93. The number of hydrogen-bond donors (Lipinski definition) is 2. The average molecular weight is 644 g/mol. The van der Waals surface area contributed by atoms with E-state index in [4.69, 9.17) is 29.3 Å². The van der Waals surface area contributed by atoms with Crippen LogP contribution in [0.5, 0.6) is 5.75 Å². The quantitative estimate of drug-likeness (QED) is 0.429. The van der Waals surface area contributed by atoms with Crippen molar-refractivity contribution in [3.63, 3.8) is 0 Å². The maximum Gasteiger partial charge on any atom is 0.490 e. The van der Waals surface area contributed by atoms with Crippen molar-refractivity contribution < 1.29 is 60.4 Å². The summed E-state index contributed by atoms with van der Waals surface area (Å²) < 4.78 is 75.3. The highest BCUT2D eigenvalue weighted by molar-refractivity contribution is 5.76. The second-order valence-corrected chi connectivity index (χ2v) is 10.8. The third-order valence-electron chi connectivity index (χ3n) is 7.45. The number of carbonyl (C=O) groups excluding carboxylic acids is 1. The smallest absolute Gasteiger partial charge is 0.490 e. The highest BCUT2D eigenvalue weighted by Crippen LogP contribution is 2.41. The number of likely N-dealkylation sites (tertiary alicyclic amines) is 1. The lowest BCUT2D eigenvalue weighted by Crippen LogP contribution is -2.60. The van der Waals surface area contributed by atoms with Crippen LogP contribution in [0.2, 0.25) is 0 Å². The fourth-order valence-electron chi connectivity index (χ4n) is 4.99. The molecule has 1 amide bonds. The number of likely N-dealkylation sites (N-methyl/N-ethyl adjacent to an activating group) is 1. The van der Waals surface area contributed by atoms with Crippen molar-refractivity contribution in [2.24, 2.45) is 0 Å². The van der Waals surface area contributed by atoms with Crippen molar-refractivity contribution in [3.8, 4) is 5.75 Å². The number of carboxylic acids is 2. The first-order valence-corrected chi connectivity index (χ1v) is 14.1. The molecule has 0 radical (unpaired) electrons. The van der Waals surface area contributed by atoms with Crippen LogP contribution in [0.4, 0.5) is 26.3 Å². The molecule has 44 heavy (non-hydrogen) atoms. The minimum atomic E-state index is -5.08. The zero-order valence-corrected chi connectivity index (χ0v) is 24.6. The lowest BCUT2D eigenvalue weighted by atomic mass is 9.80. The normalized spacial score (nSPS) is 20.4. The summed E-state index contributed by atoms with van der Waals surface area (Å²) in [5.74, 6) is -4.35. The van der Waals surface area contributed by atoms with Crippen molar-refractivity contribution in [2.75, 3.05) is 59.5 Å². The highest BCUT2D eigenvalue weighted by atomic mass is 19.4. The van der Waals surface area contributed by atoms with Crippen molar-refractivity contribution >= 4 is 17.8 Å². The molecule has 3 saturated heterocycles. The molecule has 0 aromatic heterocycles. The Hall–Kier alpha value is -3.11. The zero-order valence-electron chi connectivity index (χ0n) is 24.6. The molecule has 10 nitrogen and oxygen atoms in total. The van der Waals surface area contributed by atoms with Crippen LogP contribution in [-0.2, 0) is 25.5 Å². The van der Waals surface area contributed by atoms with Gasteiger partial charge in [0.15, 0.2) is 0 Å². The SMILES string of the molecule is CCOc1ccc(CCC(=O)N2CCC3(CC2)CC(CN2CCN(C)CC2)O3)cc1.O=C(O)C(F)(F)F.O=C(O)C(F)(F)F. The fraction of sp³-hybridized carbons (Fsp3) is 0.679. The van der Waals surface area contributed by atoms with Gasteiger partial charge in [0.2, 0.25) is 5.91 Å². The van der Waals surface area contributed by atoms with E-state index < -0.39 is 24.3 Å². The molecule has 2 N–H and O–H groups in total. The number of benzene rings is 1. The maximum absolute atomic E-state index is 12.7. The molecule has 1 aromatic carbocycles. The third kappa shape index (κ3) is 12.5. The summed E-state index contributed by atoms with van der Waals surface area (Å²) in [7, 11) is 2.19. The van der Waals surface area contributed by atoms with E-state index in [2.05, 4.69) is 29.0 Å². The standard InChI is InChI=1S/C24H37N3O3.2C2HF3O2/c1-3-29-21-7-4-20(5-8-21)6-9-23(28)27-12-10-24(11-13-27)18-22(30-24)19-26-16-14-25(2)15-17-26;2*3-2(4,5)1(6)7/h4-5,7-8,22H,3,6,9-19H2,1-2H3;2*(H,6,7). The number of aliphatic carboxylic acids is 2. The summed E-state index contributed by atoms with van der Waals surface area (Å²) in [6.07, 6.45) is -5.28. The number of carboxylic acid groups (broad SMARTS) is 2. The molecule has 4 rings (SSSR count). The van der Waals surface area contributed by atoms with Crippen LogP contribution in [0.15, 0.2) is 24.3 Å². The molecule has 1 atom stereocenters. The minimum Gasteiger partial charge on any atom is -0.494 e. The van der Waals surface area contributed by atoms with E-state index >= 15 is 0 Å². The van der Waals surface area contributed by atoms with Crippen LogP contribution in [0.3, 0.4) is 0 Å². The molecule has 0 saturated carbocycles. The van der Waals surface area contributed by atoms with Gasteiger partial charge in [-0.15, -0.1) is 0 Å². The van der Waals surface area contributed by atoms with Gasteiger partial charge in [0.25, 0.3) is 0 Å². The van der Waals surface area contributed by atoms with E-state index in [1.54, 1.807) is 0 Å². The van der Waals surface area contributed by atoms with Gasteiger partial charge in [0.05, 0.1) is 18.3 Å². The number of aryl methyl sites for hydroxylation is 1. The van der Waals surface area contributed by atoms with E-state index in [1.807, 2.05) is 24.0 Å². The van der Waals surface area contributed by atoms with Crippen LogP contribution in [-0.4, -0.2) is 126 Å². The molecule has 1 aromatic rings. The summed E-state index contributed by atoms with van der Waals surface area (Å²) >= 11 is 0. The molecule has 3 heterocycles. The zero-order chi connectivity index (χ0) is 33.1. The van der Waals surface area contributed by atoms with Gasteiger partial charge >= 0.3 is 24.3 Å². The molecule has 1 spiro atoms. The Bertz CT molecular complexity index is 1040. The number of hydrogen-bond acceptors (Lipinski definition) is 7. The lowest BCUT2D eigenvalue weighted by Gasteiger charge is -2.53. The Balaban J connectivity index is 0.000000402. The molecule has 0 aliphatic carbocycles. The van der Waals surface area contributed by atoms with Gasteiger partial charge in [-0.3, -0.25) is 9.69 Å². The van der Waals surface area contributed by atoms with Gasteiger partial charge in [-0.05, 0) is 50.9 Å². The number of nitrogens with zero attached hydrogens (tertiary/aromatic N) is 3. The van der Waals surface area contributed by atoms with Crippen LogP contribution in [0.1, 0.15) is 38.2 Å². The number of alkyl halides is 6. The van der Waals surface area contributed by atoms with Crippen LogP contribution < -0.4 is 4.74 Å². The van der Waals surface area contributed by atoms with Gasteiger partial charge in [0, 0.05) is 58.7 Å². The fourth-order valence-corrected chi connectivity index (χ4v) is 4.99. The molecule has 16 heteroatoms. The first-order chi connectivity index (χ1) is 20.4. The number of amides is 1. The van der Waals surface area contributed by atoms with E-state index in [1.165, 1.54) is 5.56 Å². The van der Waals surface area contributed by atoms with Gasteiger partial charge in [-0.1, -0.05) is 12.1 Å². The second kappa shape index (κ2) is 16.3. The predicted molar refractivity (Wildman–Crippen MR) is 145 cm³/mol. The van der Waals surface area contributed by atoms with E-state index in [-0.39, 0.29) is 11.5 Å².